The molecule has 0 aliphatic rings. The second-order valence-electron chi connectivity index (χ2n) is 9.09. The van der Waals surface area contributed by atoms with Gasteiger partial charge in [-0.15, -0.1) is 0 Å². The van der Waals surface area contributed by atoms with E-state index < -0.39 is 29.3 Å². The molecule has 2 aromatic carbocycles. The molecule has 0 radical (unpaired) electrons. The van der Waals surface area contributed by atoms with Crippen molar-refractivity contribution in [2.24, 2.45) is 0 Å². The number of benzene rings is 2. The molecule has 3 N–H and O–H groups in total. The van der Waals surface area contributed by atoms with Crippen molar-refractivity contribution >= 4 is 41.0 Å². The first kappa shape index (κ1) is 28.4. The Balaban J connectivity index is 1.64. The highest BCUT2D eigenvalue weighted by Crippen LogP contribution is 2.24. The number of aromatic nitrogens is 1. The lowest BCUT2D eigenvalue weighted by molar-refractivity contribution is 0.0525. The third kappa shape index (κ3) is 8.74. The lowest BCUT2D eigenvalue weighted by Gasteiger charge is -2.19. The first-order valence-corrected chi connectivity index (χ1v) is 12.1. The highest BCUT2D eigenvalue weighted by atomic mass is 35.5. The van der Waals surface area contributed by atoms with Crippen LogP contribution >= 0.6 is 11.6 Å². The summed E-state index contributed by atoms with van der Waals surface area (Å²) in [6, 6.07) is 13.1. The second-order valence-corrected chi connectivity index (χ2v) is 9.52. The van der Waals surface area contributed by atoms with Crippen LogP contribution in [0.3, 0.4) is 0 Å². The zero-order valence-corrected chi connectivity index (χ0v) is 21.9. The van der Waals surface area contributed by atoms with Gasteiger partial charge >= 0.3 is 6.09 Å². The molecule has 1 aromatic heterocycles. The number of alkyl carbamates (subject to hydrolysis) is 1. The third-order valence-corrected chi connectivity index (χ3v) is 5.05. The Kier molecular flexibility index (Phi) is 9.61. The number of anilines is 2. The molecule has 9 nitrogen and oxygen atoms in total. The third-order valence-electron chi connectivity index (χ3n) is 4.82. The van der Waals surface area contributed by atoms with E-state index in [1.165, 1.54) is 12.3 Å². The maximum atomic E-state index is 13.9. The van der Waals surface area contributed by atoms with Gasteiger partial charge in [-0.05, 0) is 63.6 Å². The van der Waals surface area contributed by atoms with E-state index in [4.69, 9.17) is 21.1 Å². The minimum Gasteiger partial charge on any atom is -0.493 e. The topological polar surface area (TPSA) is 119 Å². The molecule has 0 aliphatic carbocycles. The molecule has 3 amide bonds. The summed E-state index contributed by atoms with van der Waals surface area (Å²) >= 11 is 5.83. The van der Waals surface area contributed by atoms with Gasteiger partial charge in [-0.3, -0.25) is 9.59 Å². The van der Waals surface area contributed by atoms with Crippen molar-refractivity contribution in [2.75, 3.05) is 23.8 Å². The number of carbonyl (C=O) groups is 3. The normalized spacial score (nSPS) is 10.9. The van der Waals surface area contributed by atoms with Crippen LogP contribution in [0, 0.1) is 5.82 Å². The summed E-state index contributed by atoms with van der Waals surface area (Å²) in [5.74, 6) is -1.37. The Labute approximate surface area is 224 Å². The monoisotopic (exact) mass is 542 g/mol. The molecular formula is C27H28ClFN4O5. The Morgan fingerprint density at radius 2 is 1.71 bits per heavy atom. The number of nitrogens with zero attached hydrogens (tertiary/aromatic N) is 1. The van der Waals surface area contributed by atoms with Gasteiger partial charge in [0.15, 0.2) is 0 Å². The lowest BCUT2D eigenvalue weighted by Crippen LogP contribution is -2.33. The van der Waals surface area contributed by atoms with Crippen molar-refractivity contribution in [2.45, 2.75) is 32.8 Å². The maximum absolute atomic E-state index is 13.9. The molecule has 3 aromatic rings. The van der Waals surface area contributed by atoms with Gasteiger partial charge in [0, 0.05) is 18.8 Å². The van der Waals surface area contributed by atoms with Crippen LogP contribution in [0.2, 0.25) is 5.02 Å². The molecule has 0 spiro atoms. The fourth-order valence-corrected chi connectivity index (χ4v) is 3.29. The summed E-state index contributed by atoms with van der Waals surface area (Å²) in [5.41, 5.74) is -0.117. The molecule has 38 heavy (non-hydrogen) atoms. The Bertz CT molecular complexity index is 1300. The van der Waals surface area contributed by atoms with Crippen LogP contribution in [0.25, 0.3) is 0 Å². The largest absolute Gasteiger partial charge is 0.493 e. The van der Waals surface area contributed by atoms with Crippen molar-refractivity contribution in [1.82, 2.24) is 10.3 Å². The van der Waals surface area contributed by atoms with E-state index in [2.05, 4.69) is 20.9 Å². The van der Waals surface area contributed by atoms with Crippen molar-refractivity contribution in [3.05, 3.63) is 82.8 Å². The molecule has 11 heteroatoms. The summed E-state index contributed by atoms with van der Waals surface area (Å²) in [6.07, 6.45) is 1.23. The molecule has 3 rings (SSSR count). The van der Waals surface area contributed by atoms with Gasteiger partial charge in [-0.2, -0.15) is 0 Å². The molecule has 0 atom stereocenters. The molecule has 0 bridgehead atoms. The standard InChI is InChI=1S/C27H28ClFN4O5/c1-27(2,3)38-26(36)30-13-6-14-37-22-15-18(29)10-11-20(22)25(35)32-21-8-5-4-7-19(21)24(34)33-23-12-9-17(28)16-31-23/h4-5,7-12,15-16H,6,13-14H2,1-3H3,(H,30,36)(H,32,35)(H,31,33,34). The van der Waals surface area contributed by atoms with E-state index >= 15 is 0 Å². The predicted molar refractivity (Wildman–Crippen MR) is 142 cm³/mol. The van der Waals surface area contributed by atoms with Crippen LogP contribution in [-0.2, 0) is 4.74 Å². The van der Waals surface area contributed by atoms with Crippen molar-refractivity contribution < 1.29 is 28.2 Å². The van der Waals surface area contributed by atoms with Crippen LogP contribution in [-0.4, -0.2) is 41.6 Å². The molecule has 1 heterocycles. The summed E-state index contributed by atoms with van der Waals surface area (Å²) in [4.78, 5) is 41.7. The first-order valence-electron chi connectivity index (χ1n) is 11.7. The summed E-state index contributed by atoms with van der Waals surface area (Å²) in [5, 5.41) is 8.35. The van der Waals surface area contributed by atoms with Crippen molar-refractivity contribution in [1.29, 1.82) is 0 Å². The van der Waals surface area contributed by atoms with E-state index in [-0.39, 0.29) is 41.5 Å². The average Bonchev–Trinajstić information content (AvgIpc) is 2.84. The molecular weight excluding hydrogens is 515 g/mol. The van der Waals surface area contributed by atoms with Gasteiger partial charge in [-0.25, -0.2) is 14.2 Å². The number of carbonyl (C=O) groups excluding carboxylic acids is 3. The van der Waals surface area contributed by atoms with Gasteiger partial charge < -0.3 is 25.4 Å². The highest BCUT2D eigenvalue weighted by Gasteiger charge is 2.19. The molecule has 0 saturated heterocycles. The smallest absolute Gasteiger partial charge is 0.407 e. The molecule has 0 aliphatic heterocycles. The Morgan fingerprint density at radius 3 is 2.42 bits per heavy atom. The van der Waals surface area contributed by atoms with Gasteiger partial charge in [0.1, 0.15) is 23.0 Å². The number of rotatable bonds is 9. The van der Waals surface area contributed by atoms with Gasteiger partial charge in [0.25, 0.3) is 11.8 Å². The van der Waals surface area contributed by atoms with E-state index in [0.717, 1.165) is 12.1 Å². The van der Waals surface area contributed by atoms with E-state index in [1.54, 1.807) is 57.2 Å². The Morgan fingerprint density at radius 1 is 0.974 bits per heavy atom. The fraction of sp³-hybridized carbons (Fsp3) is 0.259. The molecule has 0 saturated carbocycles. The summed E-state index contributed by atoms with van der Waals surface area (Å²) in [7, 11) is 0. The molecule has 200 valence electrons. The van der Waals surface area contributed by atoms with Crippen LogP contribution < -0.4 is 20.7 Å². The number of hydrogen-bond acceptors (Lipinski definition) is 6. The first-order chi connectivity index (χ1) is 18.0. The number of hydrogen-bond donors (Lipinski definition) is 3. The average molecular weight is 543 g/mol. The highest BCUT2D eigenvalue weighted by molar-refractivity contribution is 6.30. The SMILES string of the molecule is CC(C)(C)OC(=O)NCCCOc1cc(F)ccc1C(=O)Nc1ccccc1C(=O)Nc1ccc(Cl)cn1. The fourth-order valence-electron chi connectivity index (χ4n) is 3.18. The zero-order chi connectivity index (χ0) is 27.7. The van der Waals surface area contributed by atoms with Crippen molar-refractivity contribution in [3.63, 3.8) is 0 Å². The lowest BCUT2D eigenvalue weighted by atomic mass is 10.1. The van der Waals surface area contributed by atoms with Crippen LogP contribution in [0.4, 0.5) is 20.7 Å². The summed E-state index contributed by atoms with van der Waals surface area (Å²) in [6.45, 7) is 5.64. The van der Waals surface area contributed by atoms with E-state index in [0.29, 0.717) is 11.4 Å². The zero-order valence-electron chi connectivity index (χ0n) is 21.1. The number of ether oxygens (including phenoxy) is 2. The van der Waals surface area contributed by atoms with Gasteiger partial charge in [-0.1, -0.05) is 23.7 Å². The van der Waals surface area contributed by atoms with Gasteiger partial charge in [0.2, 0.25) is 0 Å². The van der Waals surface area contributed by atoms with E-state index in [1.807, 2.05) is 0 Å². The number of amides is 3. The van der Waals surface area contributed by atoms with Crippen LogP contribution in [0.15, 0.2) is 60.8 Å². The predicted octanol–water partition coefficient (Wildman–Crippen LogP) is 5.67. The Hall–Kier alpha value is -4.18. The number of pyridine rings is 1. The second kappa shape index (κ2) is 12.9. The number of para-hydroxylation sites is 1. The van der Waals surface area contributed by atoms with Crippen LogP contribution in [0.5, 0.6) is 5.75 Å². The van der Waals surface area contributed by atoms with E-state index in [9.17, 15) is 18.8 Å². The number of halogens is 2. The molecule has 0 fully saturated rings. The minimum atomic E-state index is -0.615. The minimum absolute atomic E-state index is 0.0204. The maximum Gasteiger partial charge on any atom is 0.407 e. The van der Waals surface area contributed by atoms with Crippen molar-refractivity contribution in [3.8, 4) is 5.75 Å². The number of nitrogens with one attached hydrogen (secondary N) is 3. The molecule has 0 unspecified atom stereocenters. The van der Waals surface area contributed by atoms with Gasteiger partial charge in [0.05, 0.1) is 28.4 Å². The van der Waals surface area contributed by atoms with Crippen LogP contribution in [0.1, 0.15) is 47.9 Å². The summed E-state index contributed by atoms with van der Waals surface area (Å²) < 4.78 is 24.7. The quantitative estimate of drug-likeness (QED) is 0.300.